The molecule has 0 radical (unpaired) electrons. The Labute approximate surface area is 110 Å². The van der Waals surface area contributed by atoms with Crippen LogP contribution in [0.15, 0.2) is 29.2 Å². The van der Waals surface area contributed by atoms with Crippen molar-refractivity contribution >= 4 is 21.9 Å². The van der Waals surface area contributed by atoms with Gasteiger partial charge in [0.2, 0.25) is 15.9 Å². The molecule has 2 N–H and O–H groups in total. The third-order valence-electron chi connectivity index (χ3n) is 2.32. The highest BCUT2D eigenvalue weighted by molar-refractivity contribution is 7.89. The van der Waals surface area contributed by atoms with Crippen LogP contribution in [-0.2, 0) is 14.8 Å². The van der Waals surface area contributed by atoms with Gasteiger partial charge in [-0.05, 0) is 24.3 Å². The molecule has 1 aromatic carbocycles. The Morgan fingerprint density at radius 3 is 2.16 bits per heavy atom. The molecular formula is C11H14N2O5S. The van der Waals surface area contributed by atoms with E-state index in [1.54, 1.807) is 0 Å². The van der Waals surface area contributed by atoms with E-state index in [2.05, 4.69) is 4.72 Å². The molecule has 0 bridgehead atoms. The zero-order valence-electron chi connectivity index (χ0n) is 10.5. The summed E-state index contributed by atoms with van der Waals surface area (Å²) in [6, 6.07) is 4.72. The first-order valence-corrected chi connectivity index (χ1v) is 6.75. The number of nitrogens with zero attached hydrogens (tertiary/aromatic N) is 1. The number of likely N-dealkylation sites (N-methyl/N-ethyl adjacent to an activating group) is 1. The fourth-order valence-corrected chi connectivity index (χ4v) is 2.15. The number of amides is 1. The molecule has 19 heavy (non-hydrogen) atoms. The quantitative estimate of drug-likeness (QED) is 0.777. The molecule has 0 aliphatic rings. The molecule has 0 aliphatic carbocycles. The van der Waals surface area contributed by atoms with Crippen molar-refractivity contribution in [1.29, 1.82) is 0 Å². The highest BCUT2D eigenvalue weighted by Gasteiger charge is 2.16. The Morgan fingerprint density at radius 2 is 1.74 bits per heavy atom. The number of hydrogen-bond acceptors (Lipinski definition) is 4. The fourth-order valence-electron chi connectivity index (χ4n) is 1.17. The van der Waals surface area contributed by atoms with Crippen LogP contribution < -0.4 is 4.72 Å². The third-order valence-corrected chi connectivity index (χ3v) is 3.74. The average Bonchev–Trinajstić information content (AvgIpc) is 2.36. The number of carboxylic acid groups (broad SMARTS) is 1. The second-order valence-corrected chi connectivity index (χ2v) is 5.71. The Hall–Kier alpha value is -1.93. The van der Waals surface area contributed by atoms with Gasteiger partial charge in [-0.2, -0.15) is 0 Å². The smallest absolute Gasteiger partial charge is 0.335 e. The maximum atomic E-state index is 11.8. The van der Waals surface area contributed by atoms with Crippen molar-refractivity contribution in [1.82, 2.24) is 9.62 Å². The van der Waals surface area contributed by atoms with Crippen LogP contribution in [0.3, 0.4) is 0 Å². The van der Waals surface area contributed by atoms with Crippen LogP contribution in [0.25, 0.3) is 0 Å². The molecule has 8 heteroatoms. The standard InChI is InChI=1S/C11H14N2O5S/c1-13(2)10(14)7-12-19(17,18)9-5-3-8(4-6-9)11(15)16/h3-6,12H,7H2,1-2H3,(H,15,16). The van der Waals surface area contributed by atoms with Crippen LogP contribution in [0.2, 0.25) is 0 Å². The molecule has 1 amide bonds. The summed E-state index contributed by atoms with van der Waals surface area (Å²) in [7, 11) is -0.797. The summed E-state index contributed by atoms with van der Waals surface area (Å²) in [6.07, 6.45) is 0. The number of hydrogen-bond donors (Lipinski definition) is 2. The molecule has 7 nitrogen and oxygen atoms in total. The number of benzene rings is 1. The lowest BCUT2D eigenvalue weighted by Crippen LogP contribution is -2.36. The van der Waals surface area contributed by atoms with Gasteiger partial charge in [-0.1, -0.05) is 0 Å². The monoisotopic (exact) mass is 286 g/mol. The van der Waals surface area contributed by atoms with Crippen molar-refractivity contribution in [3.63, 3.8) is 0 Å². The maximum Gasteiger partial charge on any atom is 0.335 e. The summed E-state index contributed by atoms with van der Waals surface area (Å²) in [4.78, 5) is 23.1. The lowest BCUT2D eigenvalue weighted by molar-refractivity contribution is -0.127. The van der Waals surface area contributed by atoms with E-state index in [9.17, 15) is 18.0 Å². The molecule has 0 spiro atoms. The third kappa shape index (κ3) is 4.04. The van der Waals surface area contributed by atoms with E-state index in [0.29, 0.717) is 0 Å². The maximum absolute atomic E-state index is 11.8. The van der Waals surface area contributed by atoms with Gasteiger partial charge >= 0.3 is 5.97 Å². The van der Waals surface area contributed by atoms with E-state index in [0.717, 1.165) is 0 Å². The average molecular weight is 286 g/mol. The highest BCUT2D eigenvalue weighted by atomic mass is 32.2. The summed E-state index contributed by atoms with van der Waals surface area (Å²) >= 11 is 0. The Morgan fingerprint density at radius 1 is 1.21 bits per heavy atom. The van der Waals surface area contributed by atoms with Crippen LogP contribution in [0, 0.1) is 0 Å². The second kappa shape index (κ2) is 5.81. The number of sulfonamides is 1. The summed E-state index contributed by atoms with van der Waals surface area (Å²) in [6.45, 7) is -0.351. The molecule has 0 saturated heterocycles. The number of carboxylic acids is 1. The summed E-state index contributed by atoms with van der Waals surface area (Å²) in [5, 5.41) is 8.70. The molecule has 1 aromatic rings. The summed E-state index contributed by atoms with van der Waals surface area (Å²) < 4.78 is 25.8. The molecule has 1 rings (SSSR count). The van der Waals surface area contributed by atoms with Gasteiger partial charge in [0.15, 0.2) is 0 Å². The zero-order chi connectivity index (χ0) is 14.6. The van der Waals surface area contributed by atoms with Gasteiger partial charge in [0, 0.05) is 14.1 Å². The normalized spacial score (nSPS) is 11.1. The molecular weight excluding hydrogens is 272 g/mol. The Kier molecular flexibility index (Phi) is 4.62. The first-order chi connectivity index (χ1) is 8.74. The minimum Gasteiger partial charge on any atom is -0.478 e. The van der Waals surface area contributed by atoms with E-state index in [4.69, 9.17) is 5.11 Å². The molecule has 0 unspecified atom stereocenters. The molecule has 0 atom stereocenters. The number of aromatic carboxylic acids is 1. The van der Waals surface area contributed by atoms with Crippen molar-refractivity contribution in [3.05, 3.63) is 29.8 Å². The molecule has 0 saturated carbocycles. The molecule has 0 aliphatic heterocycles. The zero-order valence-corrected chi connectivity index (χ0v) is 11.3. The van der Waals surface area contributed by atoms with E-state index in [-0.39, 0.29) is 22.9 Å². The van der Waals surface area contributed by atoms with E-state index < -0.39 is 16.0 Å². The Bertz CT molecular complexity index is 578. The predicted molar refractivity (Wildman–Crippen MR) is 67.3 cm³/mol. The van der Waals surface area contributed by atoms with Gasteiger partial charge in [-0.25, -0.2) is 17.9 Å². The minimum absolute atomic E-state index is 0.0108. The number of carbonyl (C=O) groups excluding carboxylic acids is 1. The van der Waals surface area contributed by atoms with E-state index in [1.807, 2.05) is 0 Å². The van der Waals surface area contributed by atoms with Gasteiger partial charge < -0.3 is 10.0 Å². The van der Waals surface area contributed by atoms with Gasteiger partial charge in [-0.15, -0.1) is 0 Å². The van der Waals surface area contributed by atoms with E-state index >= 15 is 0 Å². The van der Waals surface area contributed by atoms with Gasteiger partial charge in [0.05, 0.1) is 17.0 Å². The van der Waals surface area contributed by atoms with Crippen LogP contribution >= 0.6 is 0 Å². The molecule has 0 aromatic heterocycles. The topological polar surface area (TPSA) is 104 Å². The number of nitrogens with one attached hydrogen (secondary N) is 1. The van der Waals surface area contributed by atoms with Crippen LogP contribution in [0.5, 0.6) is 0 Å². The second-order valence-electron chi connectivity index (χ2n) is 3.94. The van der Waals surface area contributed by atoms with Crippen molar-refractivity contribution in [2.45, 2.75) is 4.90 Å². The van der Waals surface area contributed by atoms with Crippen molar-refractivity contribution < 1.29 is 23.1 Å². The molecule has 0 heterocycles. The number of carbonyl (C=O) groups is 2. The minimum atomic E-state index is -3.82. The lowest BCUT2D eigenvalue weighted by atomic mass is 10.2. The van der Waals surface area contributed by atoms with Crippen LogP contribution in [-0.4, -0.2) is 50.9 Å². The SMILES string of the molecule is CN(C)C(=O)CNS(=O)(=O)c1ccc(C(=O)O)cc1. The van der Waals surface area contributed by atoms with Crippen LogP contribution in [0.1, 0.15) is 10.4 Å². The highest BCUT2D eigenvalue weighted by Crippen LogP contribution is 2.10. The van der Waals surface area contributed by atoms with Gasteiger partial charge in [0.25, 0.3) is 0 Å². The van der Waals surface area contributed by atoms with Crippen molar-refractivity contribution in [2.75, 3.05) is 20.6 Å². The fraction of sp³-hybridized carbons (Fsp3) is 0.273. The van der Waals surface area contributed by atoms with Crippen LogP contribution in [0.4, 0.5) is 0 Å². The predicted octanol–water partition coefficient (Wildman–Crippen LogP) is -0.249. The first-order valence-electron chi connectivity index (χ1n) is 5.27. The number of rotatable bonds is 5. The summed E-state index contributed by atoms with van der Waals surface area (Å²) in [5.41, 5.74) is -0.0108. The first kappa shape index (κ1) is 15.1. The van der Waals surface area contributed by atoms with Gasteiger partial charge in [-0.3, -0.25) is 4.79 Å². The van der Waals surface area contributed by atoms with E-state index in [1.165, 1.54) is 43.3 Å². The Balaban J connectivity index is 2.83. The molecule has 104 valence electrons. The lowest BCUT2D eigenvalue weighted by Gasteiger charge is -2.11. The van der Waals surface area contributed by atoms with Crippen molar-refractivity contribution in [2.24, 2.45) is 0 Å². The van der Waals surface area contributed by atoms with Gasteiger partial charge in [0.1, 0.15) is 0 Å². The largest absolute Gasteiger partial charge is 0.478 e. The molecule has 0 fully saturated rings. The summed E-state index contributed by atoms with van der Waals surface area (Å²) in [5.74, 6) is -1.52. The van der Waals surface area contributed by atoms with Crippen molar-refractivity contribution in [3.8, 4) is 0 Å².